The van der Waals surface area contributed by atoms with Crippen LogP contribution in [0.1, 0.15) is 25.5 Å². The maximum absolute atomic E-state index is 11.3. The topological polar surface area (TPSA) is 47.6 Å². The van der Waals surface area contributed by atoms with Gasteiger partial charge in [0, 0.05) is 12.6 Å². The van der Waals surface area contributed by atoms with Gasteiger partial charge in [0.2, 0.25) is 0 Å². The van der Waals surface area contributed by atoms with Crippen molar-refractivity contribution >= 4 is 6.09 Å². The minimum Gasteiger partial charge on any atom is -0.483 e. The Hall–Kier alpha value is -1.71. The lowest BCUT2D eigenvalue weighted by Crippen LogP contribution is -2.35. The van der Waals surface area contributed by atoms with Crippen LogP contribution in [0.25, 0.3) is 0 Å². The Kier molecular flexibility index (Phi) is 2.50. The number of para-hydroxylation sites is 1. The zero-order valence-corrected chi connectivity index (χ0v) is 9.61. The van der Waals surface area contributed by atoms with Crippen molar-refractivity contribution in [3.63, 3.8) is 0 Å². The zero-order valence-electron chi connectivity index (χ0n) is 9.61. The molecule has 1 aliphatic heterocycles. The molecule has 0 fully saturated rings. The summed E-state index contributed by atoms with van der Waals surface area (Å²) in [5.74, 6) is 0.779. The summed E-state index contributed by atoms with van der Waals surface area (Å²) in [4.78, 5) is 11.3. The Morgan fingerprint density at radius 3 is 2.81 bits per heavy atom. The van der Waals surface area contributed by atoms with Gasteiger partial charge >= 0.3 is 6.09 Å². The smallest absolute Gasteiger partial charge is 0.407 e. The second-order valence-corrected chi connectivity index (χ2v) is 4.28. The predicted octanol–water partition coefficient (Wildman–Crippen LogP) is 2.25. The Bertz CT molecular complexity index is 414. The summed E-state index contributed by atoms with van der Waals surface area (Å²) in [7, 11) is 1.54. The average molecular weight is 221 g/mol. The van der Waals surface area contributed by atoms with Crippen molar-refractivity contribution in [3.8, 4) is 5.75 Å². The summed E-state index contributed by atoms with van der Waals surface area (Å²) in [5.41, 5.74) is 0.382. The van der Waals surface area contributed by atoms with Crippen LogP contribution in [0, 0.1) is 0 Å². The van der Waals surface area contributed by atoms with Crippen molar-refractivity contribution in [1.29, 1.82) is 0 Å². The van der Waals surface area contributed by atoms with E-state index in [2.05, 4.69) is 5.32 Å². The summed E-state index contributed by atoms with van der Waals surface area (Å²) in [6.45, 7) is 3.81. The molecule has 4 heteroatoms. The Labute approximate surface area is 94.6 Å². The van der Waals surface area contributed by atoms with Crippen molar-refractivity contribution in [2.75, 3.05) is 7.05 Å². The Morgan fingerprint density at radius 2 is 2.12 bits per heavy atom. The highest BCUT2D eigenvalue weighted by atomic mass is 16.6. The van der Waals surface area contributed by atoms with Gasteiger partial charge < -0.3 is 14.8 Å². The number of nitrogens with one attached hydrogen (secondary N) is 1. The van der Waals surface area contributed by atoms with Gasteiger partial charge in [0.25, 0.3) is 0 Å². The molecule has 1 amide bonds. The van der Waals surface area contributed by atoms with E-state index in [1.165, 1.54) is 7.05 Å². The van der Waals surface area contributed by atoms with Crippen molar-refractivity contribution in [2.45, 2.75) is 25.6 Å². The molecule has 1 atom stereocenters. The second-order valence-electron chi connectivity index (χ2n) is 4.28. The molecule has 0 spiro atoms. The van der Waals surface area contributed by atoms with E-state index in [9.17, 15) is 4.79 Å². The lowest BCUT2D eigenvalue weighted by Gasteiger charge is -2.25. The summed E-state index contributed by atoms with van der Waals surface area (Å²) < 4.78 is 11.1. The molecule has 0 bridgehead atoms. The highest BCUT2D eigenvalue weighted by molar-refractivity contribution is 5.67. The Balaban J connectivity index is 2.31. The van der Waals surface area contributed by atoms with Crippen LogP contribution in [0.3, 0.4) is 0 Å². The van der Waals surface area contributed by atoms with Crippen LogP contribution < -0.4 is 10.1 Å². The largest absolute Gasteiger partial charge is 0.483 e. The molecule has 1 aromatic carbocycles. The van der Waals surface area contributed by atoms with E-state index >= 15 is 0 Å². The van der Waals surface area contributed by atoms with E-state index in [1.807, 2.05) is 38.1 Å². The van der Waals surface area contributed by atoms with E-state index in [1.54, 1.807) is 0 Å². The molecule has 1 heterocycles. The molecule has 16 heavy (non-hydrogen) atoms. The number of hydrogen-bond donors (Lipinski definition) is 1. The predicted molar refractivity (Wildman–Crippen MR) is 59.4 cm³/mol. The van der Waals surface area contributed by atoms with Crippen LogP contribution in [0.4, 0.5) is 4.79 Å². The van der Waals surface area contributed by atoms with Crippen molar-refractivity contribution in [3.05, 3.63) is 29.8 Å². The molecule has 4 nitrogen and oxygen atoms in total. The van der Waals surface area contributed by atoms with Gasteiger partial charge in [0.1, 0.15) is 11.4 Å². The normalized spacial score (nSPS) is 20.8. The first-order valence-electron chi connectivity index (χ1n) is 5.21. The third-order valence-electron chi connectivity index (χ3n) is 2.63. The number of hydrogen-bond acceptors (Lipinski definition) is 3. The molecule has 1 aliphatic rings. The quantitative estimate of drug-likeness (QED) is 0.791. The van der Waals surface area contributed by atoms with E-state index in [0.717, 1.165) is 11.3 Å². The van der Waals surface area contributed by atoms with Gasteiger partial charge in [0.05, 0.1) is 0 Å². The summed E-state index contributed by atoms with van der Waals surface area (Å²) in [6, 6.07) is 7.60. The van der Waals surface area contributed by atoms with Crippen LogP contribution in [-0.4, -0.2) is 18.7 Å². The summed E-state index contributed by atoms with van der Waals surface area (Å²) >= 11 is 0. The SMILES string of the molecule is CNC(=O)OC1c2ccccc2OC1(C)C. The third kappa shape index (κ3) is 1.71. The van der Waals surface area contributed by atoms with Gasteiger partial charge in [-0.25, -0.2) is 4.79 Å². The number of rotatable bonds is 1. The summed E-state index contributed by atoms with van der Waals surface area (Å²) in [6.07, 6.45) is -0.818. The van der Waals surface area contributed by atoms with Gasteiger partial charge in [-0.15, -0.1) is 0 Å². The molecule has 2 rings (SSSR count). The fraction of sp³-hybridized carbons (Fsp3) is 0.417. The molecule has 0 saturated carbocycles. The molecule has 0 radical (unpaired) electrons. The van der Waals surface area contributed by atoms with Gasteiger partial charge in [-0.1, -0.05) is 18.2 Å². The van der Waals surface area contributed by atoms with Gasteiger partial charge in [-0.05, 0) is 19.9 Å². The van der Waals surface area contributed by atoms with E-state index in [4.69, 9.17) is 9.47 Å². The van der Waals surface area contributed by atoms with Crippen LogP contribution in [0.15, 0.2) is 24.3 Å². The van der Waals surface area contributed by atoms with Crippen molar-refractivity contribution in [1.82, 2.24) is 5.32 Å². The lowest BCUT2D eigenvalue weighted by atomic mass is 9.97. The third-order valence-corrected chi connectivity index (χ3v) is 2.63. The molecule has 0 aromatic heterocycles. The number of carbonyl (C=O) groups is 1. The zero-order chi connectivity index (χ0) is 11.8. The lowest BCUT2D eigenvalue weighted by molar-refractivity contribution is -0.0126. The van der Waals surface area contributed by atoms with Crippen molar-refractivity contribution < 1.29 is 14.3 Å². The maximum Gasteiger partial charge on any atom is 0.407 e. The monoisotopic (exact) mass is 221 g/mol. The van der Waals surface area contributed by atoms with E-state index in [-0.39, 0.29) is 6.10 Å². The van der Waals surface area contributed by atoms with Crippen LogP contribution in [0.5, 0.6) is 5.75 Å². The number of benzene rings is 1. The van der Waals surface area contributed by atoms with Crippen LogP contribution in [0.2, 0.25) is 0 Å². The number of carbonyl (C=O) groups excluding carboxylic acids is 1. The fourth-order valence-corrected chi connectivity index (χ4v) is 1.87. The minimum atomic E-state index is -0.532. The van der Waals surface area contributed by atoms with Crippen LogP contribution >= 0.6 is 0 Å². The van der Waals surface area contributed by atoms with Gasteiger partial charge in [-0.3, -0.25) is 0 Å². The van der Waals surface area contributed by atoms with Crippen molar-refractivity contribution in [2.24, 2.45) is 0 Å². The Morgan fingerprint density at radius 1 is 1.44 bits per heavy atom. The number of fused-ring (bicyclic) bond motifs is 1. The van der Waals surface area contributed by atoms with E-state index in [0.29, 0.717) is 0 Å². The first-order valence-corrected chi connectivity index (χ1v) is 5.21. The summed E-state index contributed by atoms with van der Waals surface area (Å²) in [5, 5.41) is 2.44. The average Bonchev–Trinajstić information content (AvgIpc) is 2.50. The maximum atomic E-state index is 11.3. The van der Waals surface area contributed by atoms with Gasteiger partial charge in [-0.2, -0.15) is 0 Å². The number of alkyl carbamates (subject to hydrolysis) is 1. The highest BCUT2D eigenvalue weighted by Crippen LogP contribution is 2.44. The first kappa shape index (κ1) is 10.8. The minimum absolute atomic E-state index is 0.372. The van der Waals surface area contributed by atoms with Crippen LogP contribution in [-0.2, 0) is 4.74 Å². The highest BCUT2D eigenvalue weighted by Gasteiger charge is 2.43. The molecule has 0 aliphatic carbocycles. The standard InChI is InChI=1S/C12H15NO3/c1-12(2)10(15-11(14)13-3)8-6-4-5-7-9(8)16-12/h4-7,10H,1-3H3,(H,13,14). The molecular formula is C12H15NO3. The molecule has 1 N–H and O–H groups in total. The number of ether oxygens (including phenoxy) is 2. The molecule has 86 valence electrons. The van der Waals surface area contributed by atoms with Gasteiger partial charge in [0.15, 0.2) is 6.10 Å². The molecule has 1 unspecified atom stereocenters. The fourth-order valence-electron chi connectivity index (χ4n) is 1.87. The molecule has 0 saturated heterocycles. The van der Waals surface area contributed by atoms with E-state index < -0.39 is 11.7 Å². The first-order chi connectivity index (χ1) is 7.54. The number of amides is 1. The molecule has 1 aromatic rings. The second kappa shape index (κ2) is 3.70. The molecular weight excluding hydrogens is 206 g/mol.